The molecule has 1 heterocycles. The van der Waals surface area contributed by atoms with Crippen molar-refractivity contribution in [2.45, 2.75) is 57.2 Å². The topological polar surface area (TPSA) is 29.5 Å². The predicted molar refractivity (Wildman–Crippen MR) is 76.6 cm³/mol. The lowest BCUT2D eigenvalue weighted by molar-refractivity contribution is 0.0494. The van der Waals surface area contributed by atoms with E-state index in [1.54, 1.807) is 0 Å². The van der Waals surface area contributed by atoms with Crippen molar-refractivity contribution in [1.82, 2.24) is 0 Å². The van der Waals surface area contributed by atoms with Crippen LogP contribution in [-0.4, -0.2) is 11.2 Å². The number of fused-ring (bicyclic) bond motifs is 1. The van der Waals surface area contributed by atoms with Gasteiger partial charge in [0.2, 0.25) is 0 Å². The van der Waals surface area contributed by atoms with Gasteiger partial charge in [-0.15, -0.1) is 0 Å². The van der Waals surface area contributed by atoms with Crippen LogP contribution in [0.2, 0.25) is 5.02 Å². The molecule has 3 rings (SSSR count). The van der Waals surface area contributed by atoms with Crippen molar-refractivity contribution in [3.8, 4) is 5.75 Å². The first-order valence-electron chi connectivity index (χ1n) is 7.36. The summed E-state index contributed by atoms with van der Waals surface area (Å²) in [6.07, 6.45) is 8.24. The molecule has 3 heteroatoms. The van der Waals surface area contributed by atoms with Crippen LogP contribution in [0.1, 0.15) is 56.6 Å². The number of ether oxygens (including phenoxy) is 1. The van der Waals surface area contributed by atoms with Crippen molar-refractivity contribution < 1.29 is 9.84 Å². The third-order valence-corrected chi connectivity index (χ3v) is 4.67. The van der Waals surface area contributed by atoms with E-state index in [0.717, 1.165) is 23.7 Å². The fraction of sp³-hybridized carbons (Fsp3) is 0.625. The number of rotatable bonds is 2. The molecule has 2 nitrogen and oxygen atoms in total. The third kappa shape index (κ3) is 3.06. The maximum atomic E-state index is 10.2. The van der Waals surface area contributed by atoms with Gasteiger partial charge in [-0.3, -0.25) is 0 Å². The number of aliphatic hydroxyl groups is 1. The maximum Gasteiger partial charge on any atom is 0.125 e. The average molecular weight is 281 g/mol. The normalized spacial score (nSPS) is 27.7. The molecule has 0 bridgehead atoms. The summed E-state index contributed by atoms with van der Waals surface area (Å²) in [5.74, 6) is 1.59. The highest BCUT2D eigenvalue weighted by Gasteiger charge is 2.29. The Labute approximate surface area is 119 Å². The number of hydrogen-bond donors (Lipinski definition) is 1. The summed E-state index contributed by atoms with van der Waals surface area (Å²) in [5.41, 5.74) is 0.840. The van der Waals surface area contributed by atoms with Crippen LogP contribution in [0.4, 0.5) is 0 Å². The number of aliphatic hydroxyl groups excluding tert-OH is 1. The molecule has 1 aliphatic heterocycles. The van der Waals surface area contributed by atoms with Gasteiger partial charge >= 0.3 is 0 Å². The van der Waals surface area contributed by atoms with Gasteiger partial charge in [-0.1, -0.05) is 43.7 Å². The molecule has 1 N–H and O–H groups in total. The van der Waals surface area contributed by atoms with Gasteiger partial charge in [-0.25, -0.2) is 0 Å². The Bertz CT molecular complexity index is 440. The molecule has 104 valence electrons. The van der Waals surface area contributed by atoms with Gasteiger partial charge in [0.25, 0.3) is 0 Å². The first-order chi connectivity index (χ1) is 9.22. The largest absolute Gasteiger partial charge is 0.490 e. The molecule has 0 amide bonds. The number of benzene rings is 1. The smallest absolute Gasteiger partial charge is 0.125 e. The van der Waals surface area contributed by atoms with E-state index in [4.69, 9.17) is 16.3 Å². The minimum Gasteiger partial charge on any atom is -0.490 e. The highest BCUT2D eigenvalue weighted by molar-refractivity contribution is 6.30. The fourth-order valence-electron chi connectivity index (χ4n) is 3.43. The highest BCUT2D eigenvalue weighted by atomic mass is 35.5. The van der Waals surface area contributed by atoms with E-state index in [0.29, 0.717) is 11.4 Å². The van der Waals surface area contributed by atoms with Gasteiger partial charge in [-0.2, -0.15) is 0 Å². The monoisotopic (exact) mass is 280 g/mol. The molecule has 0 radical (unpaired) electrons. The minimum absolute atomic E-state index is 0.159. The Morgan fingerprint density at radius 3 is 2.79 bits per heavy atom. The molecule has 1 aromatic carbocycles. The molecule has 0 saturated heterocycles. The second-order valence-corrected chi connectivity index (χ2v) is 6.35. The lowest BCUT2D eigenvalue weighted by Crippen LogP contribution is -2.28. The Balaban J connectivity index is 1.68. The van der Waals surface area contributed by atoms with Gasteiger partial charge in [0.1, 0.15) is 11.9 Å². The van der Waals surface area contributed by atoms with Crippen molar-refractivity contribution in [3.63, 3.8) is 0 Å². The highest BCUT2D eigenvalue weighted by Crippen LogP contribution is 2.39. The third-order valence-electron chi connectivity index (χ3n) is 4.43. The zero-order valence-corrected chi connectivity index (χ0v) is 11.9. The van der Waals surface area contributed by atoms with Crippen LogP contribution in [-0.2, 0) is 0 Å². The summed E-state index contributed by atoms with van der Waals surface area (Å²) in [6, 6.07) is 5.53. The standard InChI is InChI=1S/C16H21ClO2/c17-12-6-7-16-14(9-12)15(18)10-13(19-16)8-11-4-2-1-3-5-11/h6-7,9,11,13,15,18H,1-5,8,10H2/t13?,15-/m1/s1. The summed E-state index contributed by atoms with van der Waals surface area (Å²) in [6.45, 7) is 0. The first kappa shape index (κ1) is 13.3. The maximum absolute atomic E-state index is 10.2. The van der Waals surface area contributed by atoms with E-state index in [1.165, 1.54) is 32.1 Å². The molecule has 0 aromatic heterocycles. The lowest BCUT2D eigenvalue weighted by atomic mass is 9.83. The molecular weight excluding hydrogens is 260 g/mol. The second kappa shape index (κ2) is 5.72. The summed E-state index contributed by atoms with van der Waals surface area (Å²) >= 11 is 5.97. The van der Waals surface area contributed by atoms with Crippen LogP contribution in [0.5, 0.6) is 5.75 Å². The lowest BCUT2D eigenvalue weighted by Gasteiger charge is -2.33. The van der Waals surface area contributed by atoms with Crippen molar-refractivity contribution in [2.24, 2.45) is 5.92 Å². The fourth-order valence-corrected chi connectivity index (χ4v) is 3.61. The summed E-state index contributed by atoms with van der Waals surface area (Å²) < 4.78 is 6.04. The van der Waals surface area contributed by atoms with Crippen molar-refractivity contribution in [3.05, 3.63) is 28.8 Å². The zero-order chi connectivity index (χ0) is 13.2. The summed E-state index contributed by atoms with van der Waals surface area (Å²) in [5, 5.41) is 10.9. The SMILES string of the molecule is O[C@@H]1CC(CC2CCCCC2)Oc2ccc(Cl)cc21. The van der Waals surface area contributed by atoms with Gasteiger partial charge < -0.3 is 9.84 Å². The molecule has 1 aliphatic carbocycles. The van der Waals surface area contributed by atoms with E-state index >= 15 is 0 Å². The molecule has 1 saturated carbocycles. The van der Waals surface area contributed by atoms with Gasteiger partial charge in [0.05, 0.1) is 6.10 Å². The molecule has 2 aliphatic rings. The van der Waals surface area contributed by atoms with Gasteiger partial charge in [0.15, 0.2) is 0 Å². The van der Waals surface area contributed by atoms with Gasteiger partial charge in [0, 0.05) is 17.0 Å². The summed E-state index contributed by atoms with van der Waals surface area (Å²) in [7, 11) is 0. The second-order valence-electron chi connectivity index (χ2n) is 5.91. The van der Waals surface area contributed by atoms with Crippen molar-refractivity contribution >= 4 is 11.6 Å². The quantitative estimate of drug-likeness (QED) is 0.864. The zero-order valence-electron chi connectivity index (χ0n) is 11.1. The Kier molecular flexibility index (Phi) is 3.99. The molecule has 1 unspecified atom stereocenters. The van der Waals surface area contributed by atoms with Crippen molar-refractivity contribution in [2.75, 3.05) is 0 Å². The van der Waals surface area contributed by atoms with Crippen LogP contribution < -0.4 is 4.74 Å². The van der Waals surface area contributed by atoms with E-state index in [1.807, 2.05) is 18.2 Å². The molecule has 19 heavy (non-hydrogen) atoms. The Morgan fingerprint density at radius 1 is 1.21 bits per heavy atom. The molecular formula is C16H21ClO2. The average Bonchev–Trinajstić information content (AvgIpc) is 2.41. The summed E-state index contributed by atoms with van der Waals surface area (Å²) in [4.78, 5) is 0. The van der Waals surface area contributed by atoms with Crippen molar-refractivity contribution in [1.29, 1.82) is 0 Å². The number of halogens is 1. The minimum atomic E-state index is -0.434. The predicted octanol–water partition coefficient (Wildman–Crippen LogP) is 4.49. The molecule has 1 fully saturated rings. The molecule has 2 atom stereocenters. The Hall–Kier alpha value is -0.730. The van der Waals surface area contributed by atoms with E-state index < -0.39 is 6.10 Å². The van der Waals surface area contributed by atoms with Crippen LogP contribution in [0.25, 0.3) is 0 Å². The first-order valence-corrected chi connectivity index (χ1v) is 7.74. The van der Waals surface area contributed by atoms with E-state index in [-0.39, 0.29) is 6.10 Å². The van der Waals surface area contributed by atoms with E-state index in [9.17, 15) is 5.11 Å². The Morgan fingerprint density at radius 2 is 2.00 bits per heavy atom. The number of hydrogen-bond acceptors (Lipinski definition) is 2. The van der Waals surface area contributed by atoms with E-state index in [2.05, 4.69) is 0 Å². The van der Waals surface area contributed by atoms with Crippen LogP contribution in [0.15, 0.2) is 18.2 Å². The molecule has 0 spiro atoms. The van der Waals surface area contributed by atoms with Crippen LogP contribution >= 0.6 is 11.6 Å². The molecule has 1 aromatic rings. The van der Waals surface area contributed by atoms with Crippen LogP contribution in [0.3, 0.4) is 0 Å². The van der Waals surface area contributed by atoms with Crippen LogP contribution in [0, 0.1) is 5.92 Å². The van der Waals surface area contributed by atoms with Gasteiger partial charge in [-0.05, 0) is 30.5 Å².